The molecule has 1 aliphatic heterocycles. The molecule has 1 aliphatic rings. The van der Waals surface area contributed by atoms with E-state index in [0.29, 0.717) is 5.56 Å². The van der Waals surface area contributed by atoms with Crippen LogP contribution in [-0.4, -0.2) is 48.6 Å². The predicted molar refractivity (Wildman–Crippen MR) is 103 cm³/mol. The molecule has 1 saturated heterocycles. The standard InChI is InChI=1S/C19H21N3O5S/c1-13(2)9-10-14(3)28(24,25)27-16-11-22(12-16)19(23)18-21-20-17(26-18)15-7-5-4-6-8-15/h4-10,16H,11-12H2,1-3H3. The van der Waals surface area contributed by atoms with E-state index in [4.69, 9.17) is 8.60 Å². The van der Waals surface area contributed by atoms with Crippen LogP contribution < -0.4 is 0 Å². The lowest BCUT2D eigenvalue weighted by atomic mass is 10.2. The Morgan fingerprint density at radius 3 is 2.46 bits per heavy atom. The molecule has 9 heteroatoms. The maximum atomic E-state index is 12.4. The first-order valence-electron chi connectivity index (χ1n) is 8.69. The van der Waals surface area contributed by atoms with E-state index in [1.807, 2.05) is 32.0 Å². The van der Waals surface area contributed by atoms with Crippen molar-refractivity contribution in [2.45, 2.75) is 26.9 Å². The highest BCUT2D eigenvalue weighted by Crippen LogP contribution is 2.22. The van der Waals surface area contributed by atoms with E-state index in [9.17, 15) is 13.2 Å². The first-order chi connectivity index (χ1) is 13.3. The van der Waals surface area contributed by atoms with Crippen molar-refractivity contribution < 1.29 is 21.8 Å². The van der Waals surface area contributed by atoms with Gasteiger partial charge in [0.2, 0.25) is 5.89 Å². The molecular weight excluding hydrogens is 382 g/mol. The average molecular weight is 403 g/mol. The lowest BCUT2D eigenvalue weighted by Gasteiger charge is -2.37. The minimum Gasteiger partial charge on any atom is -0.412 e. The Hall–Kier alpha value is -2.78. The van der Waals surface area contributed by atoms with Crippen LogP contribution >= 0.6 is 0 Å². The molecule has 1 aromatic carbocycles. The van der Waals surface area contributed by atoms with Gasteiger partial charge in [0.05, 0.1) is 18.0 Å². The number of allylic oxidation sites excluding steroid dienone is 4. The van der Waals surface area contributed by atoms with Gasteiger partial charge < -0.3 is 9.32 Å². The third-order valence-corrected chi connectivity index (χ3v) is 5.52. The van der Waals surface area contributed by atoms with Gasteiger partial charge in [-0.25, -0.2) is 0 Å². The van der Waals surface area contributed by atoms with Gasteiger partial charge >= 0.3 is 11.8 Å². The van der Waals surface area contributed by atoms with Crippen LogP contribution in [0.5, 0.6) is 0 Å². The fourth-order valence-corrected chi connectivity index (χ4v) is 3.30. The Morgan fingerprint density at radius 1 is 1.14 bits per heavy atom. The molecule has 0 radical (unpaired) electrons. The minimum atomic E-state index is -3.83. The molecule has 0 spiro atoms. The monoisotopic (exact) mass is 403 g/mol. The second kappa shape index (κ2) is 8.07. The van der Waals surface area contributed by atoms with Gasteiger partial charge in [0.15, 0.2) is 0 Å². The Kier molecular flexibility index (Phi) is 5.76. The molecule has 1 fully saturated rings. The topological polar surface area (TPSA) is 103 Å². The van der Waals surface area contributed by atoms with E-state index in [2.05, 4.69) is 10.2 Å². The van der Waals surface area contributed by atoms with Crippen molar-refractivity contribution >= 4 is 16.0 Å². The van der Waals surface area contributed by atoms with Gasteiger partial charge in [0.25, 0.3) is 10.1 Å². The van der Waals surface area contributed by atoms with E-state index < -0.39 is 22.1 Å². The van der Waals surface area contributed by atoms with E-state index >= 15 is 0 Å². The van der Waals surface area contributed by atoms with Gasteiger partial charge in [-0.2, -0.15) is 8.42 Å². The first kappa shape index (κ1) is 20.0. The van der Waals surface area contributed by atoms with Crippen molar-refractivity contribution in [2.24, 2.45) is 0 Å². The SMILES string of the molecule is CC(C)=CC=C(C)S(=O)(=O)OC1CN(C(=O)c2nnc(-c3ccccc3)o2)C1. The smallest absolute Gasteiger partial charge is 0.311 e. The molecule has 28 heavy (non-hydrogen) atoms. The lowest BCUT2D eigenvalue weighted by Crippen LogP contribution is -2.55. The van der Waals surface area contributed by atoms with Gasteiger partial charge in [-0.05, 0) is 39.0 Å². The summed E-state index contributed by atoms with van der Waals surface area (Å²) in [6.07, 6.45) is 2.60. The van der Waals surface area contributed by atoms with E-state index in [1.165, 1.54) is 17.9 Å². The molecule has 1 amide bonds. The number of benzene rings is 1. The first-order valence-corrected chi connectivity index (χ1v) is 10.1. The van der Waals surface area contributed by atoms with Crippen molar-refractivity contribution in [2.75, 3.05) is 13.1 Å². The summed E-state index contributed by atoms with van der Waals surface area (Å²) in [5.74, 6) is -0.344. The van der Waals surface area contributed by atoms with Crippen molar-refractivity contribution in [3.8, 4) is 11.5 Å². The number of aromatic nitrogens is 2. The normalized spacial score (nSPS) is 15.2. The van der Waals surface area contributed by atoms with Crippen LogP contribution in [-0.2, 0) is 14.3 Å². The summed E-state index contributed by atoms with van der Waals surface area (Å²) in [6, 6.07) is 9.10. The molecule has 0 N–H and O–H groups in total. The number of hydrogen-bond donors (Lipinski definition) is 0. The van der Waals surface area contributed by atoms with Crippen molar-refractivity contribution in [1.29, 1.82) is 0 Å². The van der Waals surface area contributed by atoms with Crippen molar-refractivity contribution in [3.63, 3.8) is 0 Å². The summed E-state index contributed by atoms with van der Waals surface area (Å²) in [5.41, 5.74) is 1.69. The largest absolute Gasteiger partial charge is 0.412 e. The summed E-state index contributed by atoms with van der Waals surface area (Å²) < 4.78 is 35.0. The number of nitrogens with zero attached hydrogens (tertiary/aromatic N) is 3. The summed E-state index contributed by atoms with van der Waals surface area (Å²) in [5, 5.41) is 7.66. The summed E-state index contributed by atoms with van der Waals surface area (Å²) in [6.45, 7) is 5.48. The minimum absolute atomic E-state index is 0.114. The van der Waals surface area contributed by atoms with Crippen LogP contribution in [0.2, 0.25) is 0 Å². The Labute approximate surface area is 163 Å². The second-order valence-corrected chi connectivity index (χ2v) is 8.43. The lowest BCUT2D eigenvalue weighted by molar-refractivity contribution is 0.0179. The van der Waals surface area contributed by atoms with Crippen LogP contribution in [0.1, 0.15) is 31.5 Å². The zero-order valence-corrected chi connectivity index (χ0v) is 16.6. The molecule has 8 nitrogen and oxygen atoms in total. The summed E-state index contributed by atoms with van der Waals surface area (Å²) >= 11 is 0. The molecule has 0 bridgehead atoms. The highest BCUT2D eigenvalue weighted by Gasteiger charge is 2.37. The molecule has 0 atom stereocenters. The van der Waals surface area contributed by atoms with Crippen LogP contribution in [0.15, 0.2) is 57.4 Å². The molecule has 1 aromatic heterocycles. The molecule has 0 aliphatic carbocycles. The number of carbonyl (C=O) groups excluding carboxylic acids is 1. The highest BCUT2D eigenvalue weighted by molar-refractivity contribution is 7.90. The number of amides is 1. The summed E-state index contributed by atoms with van der Waals surface area (Å²) in [7, 11) is -3.83. The Balaban J connectivity index is 1.58. The van der Waals surface area contributed by atoms with Crippen LogP contribution in [0, 0.1) is 0 Å². The number of rotatable bonds is 6. The third kappa shape index (κ3) is 4.55. The number of carbonyl (C=O) groups is 1. The number of likely N-dealkylation sites (tertiary alicyclic amines) is 1. The maximum Gasteiger partial charge on any atom is 0.311 e. The summed E-state index contributed by atoms with van der Waals surface area (Å²) in [4.78, 5) is 13.9. The quantitative estimate of drug-likeness (QED) is 0.540. The van der Waals surface area contributed by atoms with Gasteiger partial charge in [0.1, 0.15) is 6.10 Å². The van der Waals surface area contributed by atoms with E-state index in [-0.39, 0.29) is 29.8 Å². The molecule has 2 heterocycles. The highest BCUT2D eigenvalue weighted by atomic mass is 32.2. The van der Waals surface area contributed by atoms with Crippen molar-refractivity contribution in [3.05, 3.63) is 58.9 Å². The van der Waals surface area contributed by atoms with Gasteiger partial charge in [0, 0.05) is 5.56 Å². The van der Waals surface area contributed by atoms with Crippen LogP contribution in [0.3, 0.4) is 0 Å². The van der Waals surface area contributed by atoms with E-state index in [1.54, 1.807) is 18.2 Å². The molecule has 2 aromatic rings. The van der Waals surface area contributed by atoms with Gasteiger partial charge in [-0.3, -0.25) is 8.98 Å². The van der Waals surface area contributed by atoms with Gasteiger partial charge in [-0.15, -0.1) is 10.2 Å². The predicted octanol–water partition coefficient (Wildman–Crippen LogP) is 2.78. The Morgan fingerprint density at radius 2 is 1.82 bits per heavy atom. The molecule has 148 valence electrons. The fourth-order valence-electron chi connectivity index (χ4n) is 2.43. The zero-order chi connectivity index (χ0) is 20.3. The van der Waals surface area contributed by atoms with E-state index in [0.717, 1.165) is 5.57 Å². The van der Waals surface area contributed by atoms with Crippen molar-refractivity contribution in [1.82, 2.24) is 15.1 Å². The second-order valence-electron chi connectivity index (χ2n) is 6.68. The average Bonchev–Trinajstić information content (AvgIpc) is 3.12. The van der Waals surface area contributed by atoms with Gasteiger partial charge in [-0.1, -0.05) is 29.8 Å². The molecule has 0 unspecified atom stereocenters. The Bertz CT molecular complexity index is 1010. The number of hydrogen-bond acceptors (Lipinski definition) is 7. The molecular formula is C19H21N3O5S. The third-order valence-electron chi connectivity index (χ3n) is 4.07. The van der Waals surface area contributed by atoms with Crippen LogP contribution in [0.25, 0.3) is 11.5 Å². The molecule has 3 rings (SSSR count). The molecule has 0 saturated carbocycles. The maximum absolute atomic E-state index is 12.4. The fraction of sp³-hybridized carbons (Fsp3) is 0.316. The van der Waals surface area contributed by atoms with Crippen LogP contribution in [0.4, 0.5) is 0 Å². The zero-order valence-electron chi connectivity index (χ0n) is 15.8.